The number of thiazole rings is 1. The number of carbonyl (C=O) groups excluding carboxylic acids is 1. The summed E-state index contributed by atoms with van der Waals surface area (Å²) < 4.78 is 0. The third-order valence-electron chi connectivity index (χ3n) is 2.61. The lowest BCUT2D eigenvalue weighted by molar-refractivity contribution is 0.0900. The lowest BCUT2D eigenvalue weighted by atomic mass is 10.1. The van der Waals surface area contributed by atoms with Crippen molar-refractivity contribution in [1.82, 2.24) is 30.5 Å². The van der Waals surface area contributed by atoms with Gasteiger partial charge in [-0.3, -0.25) is 4.79 Å². The quantitative estimate of drug-likeness (QED) is 0.928. The van der Waals surface area contributed by atoms with E-state index in [2.05, 4.69) is 25.7 Å². The number of tetrazole rings is 1. The van der Waals surface area contributed by atoms with E-state index >= 15 is 0 Å². The lowest BCUT2D eigenvalue weighted by Gasteiger charge is -2.22. The van der Waals surface area contributed by atoms with E-state index in [9.17, 15) is 4.79 Å². The van der Waals surface area contributed by atoms with Gasteiger partial charge in [-0.15, -0.1) is 21.5 Å². The van der Waals surface area contributed by atoms with Crippen LogP contribution in [0.4, 0.5) is 0 Å². The fraction of sp³-hybridized carbons (Fsp3) is 0.583. The molecule has 0 bridgehead atoms. The van der Waals surface area contributed by atoms with E-state index in [1.807, 2.05) is 40.0 Å². The van der Waals surface area contributed by atoms with Crippen molar-refractivity contribution in [2.75, 3.05) is 0 Å². The van der Waals surface area contributed by atoms with Crippen LogP contribution in [0.1, 0.15) is 50.2 Å². The first-order chi connectivity index (χ1) is 9.20. The van der Waals surface area contributed by atoms with Crippen molar-refractivity contribution in [3.05, 3.63) is 22.4 Å². The van der Waals surface area contributed by atoms with Gasteiger partial charge in [0.2, 0.25) is 0 Å². The summed E-state index contributed by atoms with van der Waals surface area (Å²) in [6.45, 7) is 9.59. The van der Waals surface area contributed by atoms with Gasteiger partial charge in [0, 0.05) is 11.6 Å². The molecule has 1 N–H and O–H groups in total. The molecule has 0 saturated heterocycles. The molecule has 108 valence electrons. The monoisotopic (exact) mass is 294 g/mol. The van der Waals surface area contributed by atoms with Crippen LogP contribution in [0.3, 0.4) is 0 Å². The molecule has 2 aromatic rings. The van der Waals surface area contributed by atoms with Crippen molar-refractivity contribution in [1.29, 1.82) is 0 Å². The van der Waals surface area contributed by atoms with E-state index in [-0.39, 0.29) is 17.3 Å². The summed E-state index contributed by atoms with van der Waals surface area (Å²) in [7, 11) is 0. The predicted molar refractivity (Wildman–Crippen MR) is 75.4 cm³/mol. The van der Waals surface area contributed by atoms with Crippen LogP contribution < -0.4 is 5.32 Å². The van der Waals surface area contributed by atoms with Gasteiger partial charge in [0.05, 0.1) is 11.1 Å². The summed E-state index contributed by atoms with van der Waals surface area (Å²) in [5.74, 6) is -0.301. The minimum atomic E-state index is -0.571. The first kappa shape index (κ1) is 14.6. The highest BCUT2D eigenvalue weighted by atomic mass is 32.1. The van der Waals surface area contributed by atoms with E-state index < -0.39 is 5.54 Å². The molecule has 7 nitrogen and oxygen atoms in total. The Balaban J connectivity index is 2.15. The summed E-state index contributed by atoms with van der Waals surface area (Å²) in [5, 5.41) is 17.4. The Morgan fingerprint density at radius 1 is 1.30 bits per heavy atom. The van der Waals surface area contributed by atoms with Crippen LogP contribution >= 0.6 is 11.3 Å². The van der Waals surface area contributed by atoms with Gasteiger partial charge >= 0.3 is 0 Å². The van der Waals surface area contributed by atoms with Gasteiger partial charge in [-0.1, -0.05) is 0 Å². The fourth-order valence-electron chi connectivity index (χ4n) is 1.51. The van der Waals surface area contributed by atoms with Crippen molar-refractivity contribution in [3.8, 4) is 0 Å². The van der Waals surface area contributed by atoms with E-state index in [4.69, 9.17) is 0 Å². The highest BCUT2D eigenvalue weighted by Crippen LogP contribution is 2.22. The molecule has 0 aliphatic heterocycles. The molecule has 0 radical (unpaired) electrons. The van der Waals surface area contributed by atoms with Gasteiger partial charge in [0.25, 0.3) is 11.7 Å². The van der Waals surface area contributed by atoms with Gasteiger partial charge in [0.15, 0.2) is 0 Å². The molecule has 1 amide bonds. The van der Waals surface area contributed by atoms with Crippen LogP contribution in [0.25, 0.3) is 0 Å². The summed E-state index contributed by atoms with van der Waals surface area (Å²) in [6, 6.07) is 0. The third kappa shape index (κ3) is 3.01. The summed E-state index contributed by atoms with van der Waals surface area (Å²) in [4.78, 5) is 17.8. The Kier molecular flexibility index (Phi) is 3.59. The zero-order valence-corrected chi connectivity index (χ0v) is 13.0. The predicted octanol–water partition coefficient (Wildman–Crippen LogP) is 1.55. The summed E-state index contributed by atoms with van der Waals surface area (Å²) in [5.41, 5.74) is -0.880. The first-order valence-electron chi connectivity index (χ1n) is 6.23. The number of hydrogen-bond acceptors (Lipinski definition) is 6. The maximum absolute atomic E-state index is 12.2. The number of carbonyl (C=O) groups is 1. The van der Waals surface area contributed by atoms with Crippen molar-refractivity contribution in [3.63, 3.8) is 0 Å². The molecule has 2 rings (SSSR count). The van der Waals surface area contributed by atoms with E-state index in [1.165, 1.54) is 16.1 Å². The van der Waals surface area contributed by atoms with Crippen molar-refractivity contribution in [2.45, 2.75) is 45.7 Å². The zero-order chi connectivity index (χ0) is 15.0. The molecule has 0 spiro atoms. The first-order valence-corrected chi connectivity index (χ1v) is 7.11. The molecule has 2 aromatic heterocycles. The van der Waals surface area contributed by atoms with Crippen molar-refractivity contribution >= 4 is 17.2 Å². The van der Waals surface area contributed by atoms with E-state index in [0.717, 1.165) is 5.01 Å². The number of nitrogens with one attached hydrogen (secondary N) is 1. The normalized spacial score (nSPS) is 12.4. The second-order valence-corrected chi connectivity index (χ2v) is 6.88. The average Bonchev–Trinajstić information content (AvgIpc) is 3.00. The number of aromatic nitrogens is 5. The van der Waals surface area contributed by atoms with Crippen LogP contribution in [0.5, 0.6) is 0 Å². The topological polar surface area (TPSA) is 85.6 Å². The number of rotatable bonds is 3. The van der Waals surface area contributed by atoms with Crippen LogP contribution in [-0.2, 0) is 11.1 Å². The maximum Gasteiger partial charge on any atom is 0.293 e. The standard InChI is InChI=1S/C12H18N6OS/c1-11(2,3)18-16-8(15-17-18)9(19)14-12(4,5)10-13-6-7-20-10/h6-7H,1-5H3,(H,14,19). The van der Waals surface area contributed by atoms with Crippen LogP contribution in [0, 0.1) is 0 Å². The van der Waals surface area contributed by atoms with Crippen molar-refractivity contribution < 1.29 is 4.79 Å². The highest BCUT2D eigenvalue weighted by Gasteiger charge is 2.28. The fourth-order valence-corrected chi connectivity index (χ4v) is 2.23. The number of amides is 1. The van der Waals surface area contributed by atoms with Crippen LogP contribution in [0.15, 0.2) is 11.6 Å². The highest BCUT2D eigenvalue weighted by molar-refractivity contribution is 7.09. The zero-order valence-electron chi connectivity index (χ0n) is 12.2. The summed E-state index contributed by atoms with van der Waals surface area (Å²) >= 11 is 1.49. The Bertz CT molecular complexity index is 596. The average molecular weight is 294 g/mol. The van der Waals surface area contributed by atoms with Crippen LogP contribution in [-0.4, -0.2) is 31.1 Å². The Hall–Kier alpha value is -1.83. The van der Waals surface area contributed by atoms with E-state index in [1.54, 1.807) is 6.20 Å². The maximum atomic E-state index is 12.2. The Morgan fingerprint density at radius 2 is 2.00 bits per heavy atom. The smallest absolute Gasteiger partial charge is 0.293 e. The second-order valence-electron chi connectivity index (χ2n) is 5.99. The molecule has 20 heavy (non-hydrogen) atoms. The molecule has 8 heteroatoms. The molecular formula is C12H18N6OS. The third-order valence-corrected chi connectivity index (χ3v) is 3.71. The van der Waals surface area contributed by atoms with Gasteiger partial charge in [-0.25, -0.2) is 4.98 Å². The molecular weight excluding hydrogens is 276 g/mol. The minimum absolute atomic E-state index is 0.0598. The minimum Gasteiger partial charge on any atom is -0.338 e. The molecule has 0 fully saturated rings. The molecule has 2 heterocycles. The van der Waals surface area contributed by atoms with Gasteiger partial charge in [-0.2, -0.15) is 4.80 Å². The second kappa shape index (κ2) is 4.93. The van der Waals surface area contributed by atoms with Gasteiger partial charge in [0.1, 0.15) is 5.01 Å². The molecule has 0 atom stereocenters. The molecule has 0 aliphatic carbocycles. The van der Waals surface area contributed by atoms with Gasteiger partial charge in [-0.05, 0) is 39.8 Å². The molecule has 0 saturated carbocycles. The summed E-state index contributed by atoms with van der Waals surface area (Å²) in [6.07, 6.45) is 1.71. The Labute approximate surface area is 121 Å². The molecule has 0 unspecified atom stereocenters. The largest absolute Gasteiger partial charge is 0.338 e. The Morgan fingerprint density at radius 3 is 2.50 bits per heavy atom. The van der Waals surface area contributed by atoms with E-state index in [0.29, 0.717) is 0 Å². The van der Waals surface area contributed by atoms with Crippen LogP contribution in [0.2, 0.25) is 0 Å². The number of hydrogen-bond donors (Lipinski definition) is 1. The van der Waals surface area contributed by atoms with Crippen molar-refractivity contribution in [2.24, 2.45) is 0 Å². The molecule has 0 aromatic carbocycles. The lowest BCUT2D eigenvalue weighted by Crippen LogP contribution is -2.41. The number of nitrogens with zero attached hydrogens (tertiary/aromatic N) is 5. The molecule has 0 aliphatic rings. The SMILES string of the molecule is CC(C)(NC(=O)c1nnn(C(C)(C)C)n1)c1nccs1. The van der Waals surface area contributed by atoms with Gasteiger partial charge < -0.3 is 5.32 Å².